The summed E-state index contributed by atoms with van der Waals surface area (Å²) in [5, 5.41) is 1.80. The fraction of sp³-hybridized carbons (Fsp3) is 0.348. The zero-order chi connectivity index (χ0) is 28.3. The number of hydrogen-bond donors (Lipinski definition) is 1. The number of hydrogen-bond acceptors (Lipinski definition) is 3. The standard InChI is InChI=1S/C23H20Cl2F7NO3S/c1-3-37(35,36)11-12(2)33-21(34)17-5-4-13(8-19(17)23(30,31)32)20(26)10-18(22(27,28)29)14-6-15(24)9-16(25)7-14/h4-10,12,18H,3,11H2,1-2H3,(H,33,34)/b20-10-. The van der Waals surface area contributed by atoms with Gasteiger partial charge >= 0.3 is 12.4 Å². The summed E-state index contributed by atoms with van der Waals surface area (Å²) in [5.41, 5.74) is -3.99. The van der Waals surface area contributed by atoms with E-state index in [0.29, 0.717) is 12.1 Å². The number of carbonyl (C=O) groups is 1. The molecule has 14 heteroatoms. The minimum atomic E-state index is -5.19. The fourth-order valence-electron chi connectivity index (χ4n) is 3.34. The van der Waals surface area contributed by atoms with Crippen LogP contribution in [-0.4, -0.2) is 38.0 Å². The molecular weight excluding hydrogens is 574 g/mol. The SMILES string of the molecule is CCS(=O)(=O)CC(C)NC(=O)c1ccc(/C(F)=C/C(c2cc(Cl)cc(Cl)c2)C(F)(F)F)cc1C(F)(F)F. The molecule has 0 aliphatic heterocycles. The predicted octanol–water partition coefficient (Wildman–Crippen LogP) is 7.22. The summed E-state index contributed by atoms with van der Waals surface area (Å²) in [6, 6.07) is 3.40. The van der Waals surface area contributed by atoms with Gasteiger partial charge in [0, 0.05) is 27.4 Å². The maximum atomic E-state index is 14.9. The number of allylic oxidation sites excluding steroid dienone is 1. The van der Waals surface area contributed by atoms with Gasteiger partial charge in [-0.05, 0) is 48.9 Å². The van der Waals surface area contributed by atoms with Gasteiger partial charge in [0.1, 0.15) is 11.7 Å². The molecule has 2 aromatic carbocycles. The first kappa shape index (κ1) is 30.9. The van der Waals surface area contributed by atoms with E-state index in [1.165, 1.54) is 13.8 Å². The molecule has 0 spiro atoms. The highest BCUT2D eigenvalue weighted by Gasteiger charge is 2.41. The molecule has 0 saturated heterocycles. The van der Waals surface area contributed by atoms with Gasteiger partial charge in [-0.25, -0.2) is 12.8 Å². The molecule has 0 aliphatic rings. The highest BCUT2D eigenvalue weighted by molar-refractivity contribution is 7.91. The van der Waals surface area contributed by atoms with Gasteiger partial charge in [-0.1, -0.05) is 36.2 Å². The minimum Gasteiger partial charge on any atom is -0.349 e. The van der Waals surface area contributed by atoms with Crippen LogP contribution in [-0.2, 0) is 16.0 Å². The molecule has 0 aromatic heterocycles. The molecule has 0 fully saturated rings. The van der Waals surface area contributed by atoms with Crippen LogP contribution in [0.3, 0.4) is 0 Å². The second-order valence-corrected chi connectivity index (χ2v) is 11.3. The number of nitrogens with one attached hydrogen (secondary N) is 1. The summed E-state index contributed by atoms with van der Waals surface area (Å²) < 4.78 is 120. The van der Waals surface area contributed by atoms with Gasteiger partial charge in [-0.3, -0.25) is 4.79 Å². The lowest BCUT2D eigenvalue weighted by molar-refractivity contribution is -0.140. The summed E-state index contributed by atoms with van der Waals surface area (Å²) in [6.07, 6.45) is -10.2. The molecule has 0 aliphatic carbocycles. The van der Waals surface area contributed by atoms with Crippen molar-refractivity contribution in [2.24, 2.45) is 0 Å². The number of rotatable bonds is 8. The summed E-state index contributed by atoms with van der Waals surface area (Å²) in [5.74, 6) is -6.30. The third-order valence-corrected chi connectivity index (χ3v) is 7.40. The van der Waals surface area contributed by atoms with Crippen molar-refractivity contribution in [1.82, 2.24) is 5.32 Å². The molecule has 2 rings (SSSR count). The van der Waals surface area contributed by atoms with E-state index in [0.717, 1.165) is 18.2 Å². The third kappa shape index (κ3) is 8.61. The van der Waals surface area contributed by atoms with E-state index in [-0.39, 0.29) is 27.9 Å². The van der Waals surface area contributed by atoms with E-state index in [4.69, 9.17) is 23.2 Å². The second-order valence-electron chi connectivity index (χ2n) is 8.07. The van der Waals surface area contributed by atoms with Crippen molar-refractivity contribution in [3.63, 3.8) is 0 Å². The van der Waals surface area contributed by atoms with E-state index in [1.54, 1.807) is 0 Å². The van der Waals surface area contributed by atoms with Gasteiger partial charge in [-0.15, -0.1) is 0 Å². The van der Waals surface area contributed by atoms with Crippen LogP contribution >= 0.6 is 23.2 Å². The normalized spacial score (nSPS) is 14.8. The Hall–Kier alpha value is -2.31. The Morgan fingerprint density at radius 3 is 2.08 bits per heavy atom. The van der Waals surface area contributed by atoms with Crippen molar-refractivity contribution in [2.45, 2.75) is 38.2 Å². The summed E-state index contributed by atoms with van der Waals surface area (Å²) in [4.78, 5) is 12.4. The molecule has 0 saturated carbocycles. The van der Waals surface area contributed by atoms with Crippen molar-refractivity contribution in [1.29, 1.82) is 0 Å². The van der Waals surface area contributed by atoms with Gasteiger partial charge in [0.05, 0.1) is 16.9 Å². The molecule has 204 valence electrons. The molecule has 1 amide bonds. The summed E-state index contributed by atoms with van der Waals surface area (Å²) in [7, 11) is -3.56. The minimum absolute atomic E-state index is 0.0783. The quantitative estimate of drug-likeness (QED) is 0.329. The Bertz CT molecular complexity index is 1270. The van der Waals surface area contributed by atoms with Crippen molar-refractivity contribution in [3.8, 4) is 0 Å². The number of sulfone groups is 1. The lowest BCUT2D eigenvalue weighted by Gasteiger charge is -2.19. The van der Waals surface area contributed by atoms with E-state index in [1.807, 2.05) is 0 Å². The Morgan fingerprint density at radius 2 is 1.59 bits per heavy atom. The van der Waals surface area contributed by atoms with Crippen LogP contribution in [0.2, 0.25) is 10.0 Å². The molecular formula is C23H20Cl2F7NO3S. The van der Waals surface area contributed by atoms with Gasteiger partial charge in [0.2, 0.25) is 0 Å². The predicted molar refractivity (Wildman–Crippen MR) is 127 cm³/mol. The van der Waals surface area contributed by atoms with E-state index in [9.17, 15) is 43.9 Å². The van der Waals surface area contributed by atoms with Crippen LogP contribution in [0.15, 0.2) is 42.5 Å². The lowest BCUT2D eigenvalue weighted by Crippen LogP contribution is -2.38. The number of amides is 1. The van der Waals surface area contributed by atoms with E-state index >= 15 is 0 Å². The van der Waals surface area contributed by atoms with Crippen LogP contribution in [0.25, 0.3) is 5.83 Å². The number of alkyl halides is 6. The maximum absolute atomic E-state index is 14.9. The fourth-order valence-corrected chi connectivity index (χ4v) is 4.97. The van der Waals surface area contributed by atoms with Crippen LogP contribution in [0.5, 0.6) is 0 Å². The Morgan fingerprint density at radius 1 is 1.03 bits per heavy atom. The smallest absolute Gasteiger partial charge is 0.349 e. The van der Waals surface area contributed by atoms with Gasteiger partial charge < -0.3 is 5.32 Å². The summed E-state index contributed by atoms with van der Waals surface area (Å²) >= 11 is 11.5. The molecule has 2 aromatic rings. The van der Waals surface area contributed by atoms with Crippen LogP contribution in [0, 0.1) is 0 Å². The summed E-state index contributed by atoms with van der Waals surface area (Å²) in [6.45, 7) is 2.63. The zero-order valence-corrected chi connectivity index (χ0v) is 21.5. The average molecular weight is 594 g/mol. The topological polar surface area (TPSA) is 63.2 Å². The average Bonchev–Trinajstić information content (AvgIpc) is 2.74. The number of benzene rings is 2. The molecule has 0 bridgehead atoms. The number of carbonyl (C=O) groups excluding carboxylic acids is 1. The van der Waals surface area contributed by atoms with Crippen molar-refractivity contribution < 1.29 is 43.9 Å². The van der Waals surface area contributed by atoms with Crippen LogP contribution < -0.4 is 5.32 Å². The highest BCUT2D eigenvalue weighted by atomic mass is 35.5. The van der Waals surface area contributed by atoms with Gasteiger partial charge in [0.25, 0.3) is 5.91 Å². The van der Waals surface area contributed by atoms with Gasteiger partial charge in [-0.2, -0.15) is 26.3 Å². The Labute approximate surface area is 218 Å². The maximum Gasteiger partial charge on any atom is 0.417 e. The van der Waals surface area contributed by atoms with Crippen molar-refractivity contribution in [3.05, 3.63) is 74.8 Å². The largest absolute Gasteiger partial charge is 0.417 e. The molecule has 0 heterocycles. The second kappa shape index (κ2) is 11.6. The molecule has 2 unspecified atom stereocenters. The first-order valence-corrected chi connectivity index (χ1v) is 13.0. The first-order valence-electron chi connectivity index (χ1n) is 10.5. The van der Waals surface area contributed by atoms with Crippen LogP contribution in [0.4, 0.5) is 30.7 Å². The lowest BCUT2D eigenvalue weighted by atomic mass is 9.95. The van der Waals surface area contributed by atoms with E-state index in [2.05, 4.69) is 5.32 Å². The third-order valence-electron chi connectivity index (χ3n) is 5.08. The number of halogens is 9. The van der Waals surface area contributed by atoms with Crippen molar-refractivity contribution >= 4 is 44.8 Å². The Kier molecular flexibility index (Phi) is 9.70. The van der Waals surface area contributed by atoms with Crippen molar-refractivity contribution in [2.75, 3.05) is 11.5 Å². The van der Waals surface area contributed by atoms with Crippen LogP contribution in [0.1, 0.15) is 46.8 Å². The molecule has 4 nitrogen and oxygen atoms in total. The van der Waals surface area contributed by atoms with Gasteiger partial charge in [0.15, 0.2) is 9.84 Å². The zero-order valence-electron chi connectivity index (χ0n) is 19.1. The first-order chi connectivity index (χ1) is 16.8. The molecule has 0 radical (unpaired) electrons. The molecule has 2 atom stereocenters. The molecule has 37 heavy (non-hydrogen) atoms. The van der Waals surface area contributed by atoms with E-state index < -0.39 is 73.9 Å². The highest BCUT2D eigenvalue weighted by Crippen LogP contribution is 2.41. The molecule has 1 N–H and O–H groups in total. The Balaban J connectivity index is 2.50. The monoisotopic (exact) mass is 593 g/mol.